The highest BCUT2D eigenvalue weighted by molar-refractivity contribution is 6.39. The molecule has 0 aromatic heterocycles. The first-order chi connectivity index (χ1) is 13.1. The van der Waals surface area contributed by atoms with Crippen LogP contribution in [0.15, 0.2) is 65.8 Å². The zero-order valence-electron chi connectivity index (χ0n) is 15.5. The lowest BCUT2D eigenvalue weighted by molar-refractivity contribution is -0.111. The number of rotatable bonds is 10. The Kier molecular flexibility index (Phi) is 8.56. The van der Waals surface area contributed by atoms with Crippen LogP contribution in [0.3, 0.4) is 0 Å². The number of alkyl carbamates (subject to hydrolysis) is 1. The van der Waals surface area contributed by atoms with Crippen molar-refractivity contribution in [1.29, 1.82) is 0 Å². The van der Waals surface area contributed by atoms with Crippen LogP contribution < -0.4 is 10.7 Å². The molecule has 2 aromatic carbocycles. The van der Waals surface area contributed by atoms with E-state index in [4.69, 9.17) is 4.74 Å². The summed E-state index contributed by atoms with van der Waals surface area (Å²) in [6, 6.07) is 19.0. The maximum atomic E-state index is 11.7. The van der Waals surface area contributed by atoms with Crippen LogP contribution in [0.4, 0.5) is 10.5 Å². The number of hydrazone groups is 1. The fraction of sp³-hybridized carbons (Fsp3) is 0.286. The van der Waals surface area contributed by atoms with Crippen LogP contribution in [0.2, 0.25) is 0 Å². The number of nitrogens with one attached hydrogen (secondary N) is 2. The van der Waals surface area contributed by atoms with Gasteiger partial charge in [-0.15, -0.1) is 0 Å². The van der Waals surface area contributed by atoms with E-state index in [2.05, 4.69) is 15.8 Å². The first-order valence-corrected chi connectivity index (χ1v) is 8.98. The van der Waals surface area contributed by atoms with E-state index >= 15 is 0 Å². The van der Waals surface area contributed by atoms with Crippen molar-refractivity contribution in [1.82, 2.24) is 5.32 Å². The van der Waals surface area contributed by atoms with Crippen molar-refractivity contribution >= 4 is 23.3 Å². The van der Waals surface area contributed by atoms with E-state index in [0.717, 1.165) is 24.1 Å². The van der Waals surface area contributed by atoms with Crippen LogP contribution in [0, 0.1) is 0 Å². The lowest BCUT2D eigenvalue weighted by Gasteiger charge is -2.08. The van der Waals surface area contributed by atoms with Gasteiger partial charge in [0.2, 0.25) is 0 Å². The Balaban J connectivity index is 1.63. The summed E-state index contributed by atoms with van der Waals surface area (Å²) in [7, 11) is 0. The largest absolute Gasteiger partial charge is 0.445 e. The second-order valence-electron chi connectivity index (χ2n) is 6.04. The van der Waals surface area contributed by atoms with E-state index < -0.39 is 6.09 Å². The molecular formula is C21H25N3O3. The summed E-state index contributed by atoms with van der Waals surface area (Å²) in [5.74, 6) is -0.0614. The molecule has 0 unspecified atom stereocenters. The molecule has 0 atom stereocenters. The summed E-state index contributed by atoms with van der Waals surface area (Å²) in [5, 5.41) is 6.91. The van der Waals surface area contributed by atoms with Gasteiger partial charge in [0, 0.05) is 13.5 Å². The van der Waals surface area contributed by atoms with Crippen molar-refractivity contribution < 1.29 is 14.3 Å². The summed E-state index contributed by atoms with van der Waals surface area (Å²) in [6.45, 7) is 2.24. The number of nitrogens with zero attached hydrogens (tertiary/aromatic N) is 1. The number of ketones is 1. The average Bonchev–Trinajstić information content (AvgIpc) is 2.69. The molecule has 0 fully saturated rings. The van der Waals surface area contributed by atoms with Gasteiger partial charge in [-0.25, -0.2) is 4.79 Å². The molecule has 2 N–H and O–H groups in total. The van der Waals surface area contributed by atoms with Gasteiger partial charge >= 0.3 is 6.09 Å². The first-order valence-electron chi connectivity index (χ1n) is 8.98. The normalized spacial score (nSPS) is 10.9. The van der Waals surface area contributed by atoms with E-state index in [1.807, 2.05) is 60.7 Å². The van der Waals surface area contributed by atoms with Gasteiger partial charge in [0.15, 0.2) is 5.78 Å². The van der Waals surface area contributed by atoms with Gasteiger partial charge in [-0.05, 0) is 37.0 Å². The summed E-state index contributed by atoms with van der Waals surface area (Å²) in [5.41, 5.74) is 5.16. The summed E-state index contributed by atoms with van der Waals surface area (Å²) in [6.07, 6.45) is 1.59. The molecule has 0 bridgehead atoms. The third-order valence-electron chi connectivity index (χ3n) is 3.82. The van der Waals surface area contributed by atoms with Gasteiger partial charge in [-0.3, -0.25) is 10.2 Å². The molecule has 6 nitrogen and oxygen atoms in total. The first kappa shape index (κ1) is 20.2. The molecule has 0 spiro atoms. The molecule has 1 amide bonds. The number of carbonyl (C=O) groups excluding carboxylic acids is 2. The Bertz CT molecular complexity index is 746. The van der Waals surface area contributed by atoms with Crippen molar-refractivity contribution in [2.75, 3.05) is 12.0 Å². The van der Waals surface area contributed by atoms with E-state index in [1.54, 1.807) is 0 Å². The van der Waals surface area contributed by atoms with Crippen LogP contribution in [-0.2, 0) is 16.1 Å². The lowest BCUT2D eigenvalue weighted by atomic mass is 10.1. The number of ether oxygens (including phenoxy) is 1. The Hall–Kier alpha value is -3.15. The van der Waals surface area contributed by atoms with E-state index in [1.165, 1.54) is 6.92 Å². The number of carbonyl (C=O) groups is 2. The summed E-state index contributed by atoms with van der Waals surface area (Å²) >= 11 is 0. The van der Waals surface area contributed by atoms with E-state index in [-0.39, 0.29) is 12.4 Å². The van der Waals surface area contributed by atoms with Gasteiger partial charge < -0.3 is 10.1 Å². The molecule has 142 valence electrons. The zero-order valence-corrected chi connectivity index (χ0v) is 15.5. The van der Waals surface area contributed by atoms with Crippen LogP contribution in [-0.4, -0.2) is 24.1 Å². The van der Waals surface area contributed by atoms with Crippen molar-refractivity contribution in [2.45, 2.75) is 32.8 Å². The molecule has 0 aliphatic rings. The van der Waals surface area contributed by atoms with Crippen LogP contribution in [0.1, 0.15) is 31.7 Å². The van der Waals surface area contributed by atoms with Gasteiger partial charge in [-0.2, -0.15) is 5.10 Å². The van der Waals surface area contributed by atoms with Crippen molar-refractivity contribution in [2.24, 2.45) is 5.10 Å². The lowest BCUT2D eigenvalue weighted by Crippen LogP contribution is -2.25. The minimum absolute atomic E-state index is 0.0614. The quantitative estimate of drug-likeness (QED) is 0.376. The van der Waals surface area contributed by atoms with Crippen molar-refractivity contribution in [3.63, 3.8) is 0 Å². The number of hydrogen-bond donors (Lipinski definition) is 2. The molecule has 27 heavy (non-hydrogen) atoms. The molecule has 2 aromatic rings. The smallest absolute Gasteiger partial charge is 0.407 e. The molecular weight excluding hydrogens is 342 g/mol. The Labute approximate surface area is 159 Å². The van der Waals surface area contributed by atoms with Gasteiger partial charge in [-0.1, -0.05) is 48.5 Å². The predicted molar refractivity (Wildman–Crippen MR) is 107 cm³/mol. The topological polar surface area (TPSA) is 79.8 Å². The monoisotopic (exact) mass is 367 g/mol. The molecule has 2 rings (SSSR count). The van der Waals surface area contributed by atoms with Gasteiger partial charge in [0.05, 0.1) is 5.69 Å². The summed E-state index contributed by atoms with van der Waals surface area (Å²) in [4.78, 5) is 23.4. The maximum Gasteiger partial charge on any atom is 0.407 e. The average molecular weight is 367 g/mol. The number of hydrogen-bond acceptors (Lipinski definition) is 5. The third-order valence-corrected chi connectivity index (χ3v) is 3.82. The standard InChI is InChI=1S/C21H25N3O3/c1-17(25)20(24-23-19-12-6-3-7-13-19)14-8-9-15-22-21(26)27-16-18-10-4-2-5-11-18/h2-7,10-13,23H,8-9,14-16H2,1H3,(H,22,26). The number of Topliss-reactive ketones (excluding diaryl/α,β-unsaturated/α-hetero) is 1. The van der Waals surface area contributed by atoms with Crippen LogP contribution in [0.25, 0.3) is 0 Å². The Morgan fingerprint density at radius 3 is 2.30 bits per heavy atom. The SMILES string of the molecule is CC(=O)C(CCCCNC(=O)OCc1ccccc1)=NNc1ccccc1. The second kappa shape index (κ2) is 11.5. The molecule has 0 aliphatic heterocycles. The zero-order chi connectivity index (χ0) is 19.3. The second-order valence-corrected chi connectivity index (χ2v) is 6.04. The fourth-order valence-corrected chi connectivity index (χ4v) is 2.34. The molecule has 0 radical (unpaired) electrons. The minimum Gasteiger partial charge on any atom is -0.445 e. The molecule has 0 saturated carbocycles. The minimum atomic E-state index is -0.440. The number of unbranched alkanes of at least 4 members (excludes halogenated alkanes) is 1. The van der Waals surface area contributed by atoms with Crippen LogP contribution in [0.5, 0.6) is 0 Å². The molecule has 6 heteroatoms. The molecule has 0 saturated heterocycles. The predicted octanol–water partition coefficient (Wildman–Crippen LogP) is 4.14. The van der Waals surface area contributed by atoms with Gasteiger partial charge in [0.1, 0.15) is 12.3 Å². The van der Waals surface area contributed by atoms with Gasteiger partial charge in [0.25, 0.3) is 0 Å². The maximum absolute atomic E-state index is 11.7. The highest BCUT2D eigenvalue weighted by atomic mass is 16.5. The molecule has 0 heterocycles. The number of benzene rings is 2. The van der Waals surface area contributed by atoms with Crippen molar-refractivity contribution in [3.05, 3.63) is 66.2 Å². The number of para-hydroxylation sites is 1. The molecule has 0 aliphatic carbocycles. The highest BCUT2D eigenvalue weighted by Crippen LogP contribution is 2.06. The van der Waals surface area contributed by atoms with Crippen molar-refractivity contribution in [3.8, 4) is 0 Å². The number of amides is 1. The Morgan fingerprint density at radius 2 is 1.63 bits per heavy atom. The number of anilines is 1. The summed E-state index contributed by atoms with van der Waals surface area (Å²) < 4.78 is 5.14. The highest BCUT2D eigenvalue weighted by Gasteiger charge is 2.07. The fourth-order valence-electron chi connectivity index (χ4n) is 2.34. The van der Waals surface area contributed by atoms with Crippen LogP contribution >= 0.6 is 0 Å². The third kappa shape index (κ3) is 8.18. The van der Waals surface area contributed by atoms with E-state index in [9.17, 15) is 9.59 Å². The van der Waals surface area contributed by atoms with E-state index in [0.29, 0.717) is 18.7 Å². The Morgan fingerprint density at radius 1 is 0.963 bits per heavy atom.